The Bertz CT molecular complexity index is 741. The molecule has 0 bridgehead atoms. The van der Waals surface area contributed by atoms with E-state index in [2.05, 4.69) is 15.0 Å². The van der Waals surface area contributed by atoms with Crippen LogP contribution in [0.25, 0.3) is 0 Å². The smallest absolute Gasteiger partial charge is 0.275 e. The number of hydrogen-bond donors (Lipinski definition) is 0. The van der Waals surface area contributed by atoms with E-state index in [1.54, 1.807) is 17.9 Å². The van der Waals surface area contributed by atoms with Crippen LogP contribution < -0.4 is 0 Å². The molecule has 0 spiro atoms. The molecule has 1 unspecified atom stereocenters. The maximum absolute atomic E-state index is 12.7. The minimum atomic E-state index is -0.118. The largest absolute Gasteiger partial charge is 0.381 e. The summed E-state index contributed by atoms with van der Waals surface area (Å²) in [5, 5.41) is 3.85. The number of likely N-dealkylation sites (tertiary alicyclic amines) is 1. The first kappa shape index (κ1) is 21.3. The second kappa shape index (κ2) is 9.47. The minimum absolute atomic E-state index is 0.118. The highest BCUT2D eigenvalue weighted by atomic mass is 16.5. The Balaban J connectivity index is 1.40. The molecule has 1 aromatic rings. The van der Waals surface area contributed by atoms with Crippen LogP contribution in [0, 0.1) is 12.8 Å². The Morgan fingerprint density at radius 2 is 1.90 bits per heavy atom. The lowest BCUT2D eigenvalue weighted by Gasteiger charge is -2.44. The fourth-order valence-electron chi connectivity index (χ4n) is 4.72. The Labute approximate surface area is 178 Å². The second-order valence-electron chi connectivity index (χ2n) is 8.99. The van der Waals surface area contributed by atoms with Gasteiger partial charge in [0.2, 0.25) is 5.91 Å². The van der Waals surface area contributed by atoms with E-state index in [1.807, 2.05) is 7.05 Å². The van der Waals surface area contributed by atoms with Crippen LogP contribution in [0.3, 0.4) is 0 Å². The summed E-state index contributed by atoms with van der Waals surface area (Å²) >= 11 is 0. The van der Waals surface area contributed by atoms with Gasteiger partial charge in [0.15, 0.2) is 5.69 Å². The van der Waals surface area contributed by atoms with Crippen molar-refractivity contribution in [3.05, 3.63) is 17.5 Å². The molecule has 3 heterocycles. The fourth-order valence-corrected chi connectivity index (χ4v) is 4.72. The summed E-state index contributed by atoms with van der Waals surface area (Å²) in [5.41, 5.74) is 0.353. The van der Waals surface area contributed by atoms with E-state index in [9.17, 15) is 9.59 Å². The molecular weight excluding hydrogens is 384 g/mol. The number of carbonyl (C=O) groups excluding carboxylic acids is 2. The average Bonchev–Trinajstić information content (AvgIpc) is 3.54. The molecule has 3 fully saturated rings. The molecule has 1 aromatic heterocycles. The van der Waals surface area contributed by atoms with Gasteiger partial charge in [0.05, 0.1) is 0 Å². The van der Waals surface area contributed by atoms with Gasteiger partial charge in [0.25, 0.3) is 5.91 Å². The number of rotatable bonds is 7. The highest BCUT2D eigenvalue weighted by molar-refractivity contribution is 5.92. The monoisotopic (exact) mass is 418 g/mol. The zero-order valence-corrected chi connectivity index (χ0v) is 18.2. The summed E-state index contributed by atoms with van der Waals surface area (Å²) in [6.07, 6.45) is 6.28. The van der Waals surface area contributed by atoms with Crippen molar-refractivity contribution in [2.24, 2.45) is 5.92 Å². The number of likely N-dealkylation sites (N-methyl/N-ethyl adjacent to an activating group) is 1. The van der Waals surface area contributed by atoms with Crippen LogP contribution >= 0.6 is 0 Å². The molecule has 0 aromatic carbocycles. The average molecular weight is 419 g/mol. The first-order chi connectivity index (χ1) is 14.5. The molecule has 8 nitrogen and oxygen atoms in total. The van der Waals surface area contributed by atoms with E-state index in [0.29, 0.717) is 36.0 Å². The van der Waals surface area contributed by atoms with Crippen LogP contribution in [0.4, 0.5) is 0 Å². The minimum Gasteiger partial charge on any atom is -0.381 e. The van der Waals surface area contributed by atoms with Crippen LogP contribution in [0.15, 0.2) is 10.6 Å². The normalized spacial score (nSPS) is 23.0. The molecule has 3 aliphatic rings. The predicted molar refractivity (Wildman–Crippen MR) is 111 cm³/mol. The molecule has 4 rings (SSSR count). The highest BCUT2D eigenvalue weighted by Crippen LogP contribution is 2.33. The summed E-state index contributed by atoms with van der Waals surface area (Å²) in [5.74, 6) is 1.14. The van der Waals surface area contributed by atoms with Crippen molar-refractivity contribution >= 4 is 11.8 Å². The van der Waals surface area contributed by atoms with Crippen LogP contribution in [0.5, 0.6) is 0 Å². The number of amides is 2. The Kier molecular flexibility index (Phi) is 6.73. The summed E-state index contributed by atoms with van der Waals surface area (Å²) in [6.45, 7) is 6.46. The first-order valence-corrected chi connectivity index (χ1v) is 11.3. The molecule has 0 N–H and O–H groups in total. The lowest BCUT2D eigenvalue weighted by molar-refractivity contribution is -0.135. The highest BCUT2D eigenvalue weighted by Gasteiger charge is 2.38. The Morgan fingerprint density at radius 3 is 2.57 bits per heavy atom. The Morgan fingerprint density at radius 1 is 1.13 bits per heavy atom. The van der Waals surface area contributed by atoms with E-state index >= 15 is 0 Å². The lowest BCUT2D eigenvalue weighted by atomic mass is 9.98. The van der Waals surface area contributed by atoms with Gasteiger partial charge in [-0.2, -0.15) is 0 Å². The van der Waals surface area contributed by atoms with Crippen molar-refractivity contribution in [3.63, 3.8) is 0 Å². The van der Waals surface area contributed by atoms with E-state index < -0.39 is 0 Å². The molecule has 166 valence electrons. The number of carbonyl (C=O) groups is 2. The van der Waals surface area contributed by atoms with Crippen molar-refractivity contribution in [2.75, 3.05) is 46.4 Å². The number of aryl methyl sites for hydroxylation is 1. The molecular formula is C22H34N4O4. The van der Waals surface area contributed by atoms with Gasteiger partial charge in [0.1, 0.15) is 5.76 Å². The number of nitrogens with zero attached hydrogens (tertiary/aromatic N) is 4. The zero-order valence-electron chi connectivity index (χ0n) is 18.2. The topological polar surface area (TPSA) is 79.1 Å². The molecule has 1 aliphatic carbocycles. The van der Waals surface area contributed by atoms with Gasteiger partial charge in [-0.15, -0.1) is 0 Å². The van der Waals surface area contributed by atoms with Gasteiger partial charge >= 0.3 is 0 Å². The van der Waals surface area contributed by atoms with Crippen LogP contribution in [0.1, 0.15) is 54.8 Å². The lowest BCUT2D eigenvalue weighted by Crippen LogP contribution is -2.55. The standard InChI is InChI=1S/C22H34N4O4/c1-16-14-20(23-30-16)22(28)24(2)10-11-26(18-7-12-29-13-8-18)19-4-3-9-25(15-19)21(27)17-5-6-17/h14,17-19H,3-13,15H2,1-2H3. The fraction of sp³-hybridized carbons (Fsp3) is 0.773. The maximum atomic E-state index is 12.7. The number of hydrogen-bond acceptors (Lipinski definition) is 6. The quantitative estimate of drug-likeness (QED) is 0.673. The summed E-state index contributed by atoms with van der Waals surface area (Å²) < 4.78 is 10.6. The third kappa shape index (κ3) is 5.03. The molecule has 2 aliphatic heterocycles. The molecule has 30 heavy (non-hydrogen) atoms. The van der Waals surface area contributed by atoms with E-state index in [-0.39, 0.29) is 11.8 Å². The van der Waals surface area contributed by atoms with Gasteiger partial charge in [-0.3, -0.25) is 14.5 Å². The van der Waals surface area contributed by atoms with Crippen molar-refractivity contribution in [1.29, 1.82) is 0 Å². The number of aromatic nitrogens is 1. The summed E-state index contributed by atoms with van der Waals surface area (Å²) in [7, 11) is 1.82. The number of piperidine rings is 1. The number of ether oxygens (including phenoxy) is 1. The van der Waals surface area contributed by atoms with Gasteiger partial charge in [-0.1, -0.05) is 5.16 Å². The van der Waals surface area contributed by atoms with Crippen molar-refractivity contribution in [1.82, 2.24) is 19.9 Å². The zero-order chi connectivity index (χ0) is 21.1. The van der Waals surface area contributed by atoms with Gasteiger partial charge < -0.3 is 19.1 Å². The van der Waals surface area contributed by atoms with E-state index in [1.165, 1.54) is 0 Å². The van der Waals surface area contributed by atoms with Gasteiger partial charge in [0, 0.05) is 70.5 Å². The molecule has 1 saturated carbocycles. The van der Waals surface area contributed by atoms with Crippen LogP contribution in [0.2, 0.25) is 0 Å². The summed E-state index contributed by atoms with van der Waals surface area (Å²) in [6, 6.07) is 2.47. The van der Waals surface area contributed by atoms with Crippen molar-refractivity contribution in [3.8, 4) is 0 Å². The summed E-state index contributed by atoms with van der Waals surface area (Å²) in [4.78, 5) is 31.7. The molecule has 1 atom stereocenters. The van der Waals surface area contributed by atoms with Crippen LogP contribution in [-0.4, -0.2) is 90.2 Å². The third-order valence-electron chi connectivity index (χ3n) is 6.65. The molecule has 2 saturated heterocycles. The van der Waals surface area contributed by atoms with Crippen molar-refractivity contribution in [2.45, 2.75) is 57.5 Å². The first-order valence-electron chi connectivity index (χ1n) is 11.3. The van der Waals surface area contributed by atoms with E-state index in [4.69, 9.17) is 9.26 Å². The maximum Gasteiger partial charge on any atom is 0.275 e. The SMILES string of the molecule is Cc1cc(C(=O)N(C)CCN(C2CCOCC2)C2CCCN(C(=O)C3CC3)C2)no1. The van der Waals surface area contributed by atoms with Gasteiger partial charge in [-0.05, 0) is 45.4 Å². The predicted octanol–water partition coefficient (Wildman–Crippen LogP) is 1.94. The molecule has 2 amide bonds. The van der Waals surface area contributed by atoms with Crippen molar-refractivity contribution < 1.29 is 18.8 Å². The molecule has 0 radical (unpaired) electrons. The molecule has 8 heteroatoms. The van der Waals surface area contributed by atoms with E-state index in [0.717, 1.165) is 71.4 Å². The third-order valence-corrected chi connectivity index (χ3v) is 6.65. The second-order valence-corrected chi connectivity index (χ2v) is 8.99. The Hall–Kier alpha value is -1.93. The van der Waals surface area contributed by atoms with Gasteiger partial charge in [-0.25, -0.2) is 0 Å². The van der Waals surface area contributed by atoms with Crippen LogP contribution in [-0.2, 0) is 9.53 Å².